The maximum atomic E-state index is 5.44. The maximum Gasteiger partial charge on any atom is 0.191 e. The highest BCUT2D eigenvalue weighted by atomic mass is 127. The van der Waals surface area contributed by atoms with Gasteiger partial charge in [-0.1, -0.05) is 19.3 Å². The van der Waals surface area contributed by atoms with Gasteiger partial charge in [0.1, 0.15) is 11.5 Å². The highest BCUT2D eigenvalue weighted by Crippen LogP contribution is 2.30. The van der Waals surface area contributed by atoms with Crippen LogP contribution in [0.3, 0.4) is 0 Å². The third-order valence-corrected chi connectivity index (χ3v) is 7.10. The molecule has 1 saturated heterocycles. The number of hydrogen-bond donors (Lipinski definition) is 2. The lowest BCUT2D eigenvalue weighted by molar-refractivity contribution is 0.171. The Morgan fingerprint density at radius 1 is 1.03 bits per heavy atom. The monoisotopic (exact) mass is 573 g/mol. The summed E-state index contributed by atoms with van der Waals surface area (Å²) in [6.07, 6.45) is 8.99. The fourth-order valence-corrected chi connectivity index (χ4v) is 5.14. The van der Waals surface area contributed by atoms with Gasteiger partial charge >= 0.3 is 0 Å². The Hall–Kier alpha value is -1.42. The molecule has 2 fully saturated rings. The van der Waals surface area contributed by atoms with E-state index in [-0.39, 0.29) is 24.0 Å². The van der Waals surface area contributed by atoms with E-state index in [1.807, 2.05) is 13.1 Å². The van der Waals surface area contributed by atoms with E-state index >= 15 is 0 Å². The fourth-order valence-electron chi connectivity index (χ4n) is 5.14. The summed E-state index contributed by atoms with van der Waals surface area (Å²) in [7, 11) is 9.68. The Balaban J connectivity index is 0.00000385. The van der Waals surface area contributed by atoms with Crippen molar-refractivity contribution < 1.29 is 9.47 Å². The molecule has 0 bridgehead atoms. The Morgan fingerprint density at radius 2 is 1.64 bits per heavy atom. The highest BCUT2D eigenvalue weighted by molar-refractivity contribution is 14.0. The van der Waals surface area contributed by atoms with Crippen LogP contribution in [-0.4, -0.2) is 77.9 Å². The van der Waals surface area contributed by atoms with Crippen LogP contribution in [0.2, 0.25) is 0 Å². The minimum absolute atomic E-state index is 0. The number of piperidine rings is 1. The van der Waals surface area contributed by atoms with Crippen molar-refractivity contribution in [3.05, 3.63) is 18.2 Å². The maximum absolute atomic E-state index is 5.44. The van der Waals surface area contributed by atoms with Crippen molar-refractivity contribution in [1.82, 2.24) is 15.5 Å². The molecule has 2 aliphatic rings. The van der Waals surface area contributed by atoms with Gasteiger partial charge in [-0.2, -0.15) is 0 Å². The van der Waals surface area contributed by atoms with Gasteiger partial charge in [-0.3, -0.25) is 4.99 Å². The van der Waals surface area contributed by atoms with Crippen molar-refractivity contribution in [2.75, 3.05) is 59.9 Å². The average molecular weight is 574 g/mol. The van der Waals surface area contributed by atoms with E-state index in [9.17, 15) is 0 Å². The molecule has 33 heavy (non-hydrogen) atoms. The number of nitrogens with one attached hydrogen (secondary N) is 2. The Bertz CT molecular complexity index is 709. The van der Waals surface area contributed by atoms with Crippen LogP contribution < -0.4 is 25.0 Å². The number of anilines is 1. The van der Waals surface area contributed by atoms with Gasteiger partial charge in [0, 0.05) is 62.7 Å². The van der Waals surface area contributed by atoms with Crippen molar-refractivity contribution in [3.8, 4) is 11.5 Å². The number of ether oxygens (including phenoxy) is 2. The number of benzene rings is 1. The van der Waals surface area contributed by atoms with E-state index in [4.69, 9.17) is 9.47 Å². The molecule has 1 heterocycles. The lowest BCUT2D eigenvalue weighted by Gasteiger charge is -2.36. The van der Waals surface area contributed by atoms with E-state index < -0.39 is 0 Å². The van der Waals surface area contributed by atoms with Crippen LogP contribution in [0.15, 0.2) is 23.2 Å². The zero-order valence-corrected chi connectivity index (χ0v) is 23.4. The molecule has 8 heteroatoms. The third-order valence-electron chi connectivity index (χ3n) is 7.10. The summed E-state index contributed by atoms with van der Waals surface area (Å²) in [5.41, 5.74) is 1.16. The molecule has 2 N–H and O–H groups in total. The Labute approximate surface area is 217 Å². The van der Waals surface area contributed by atoms with Crippen molar-refractivity contribution in [1.29, 1.82) is 0 Å². The van der Waals surface area contributed by atoms with Gasteiger partial charge in [0.2, 0.25) is 0 Å². The quantitative estimate of drug-likeness (QED) is 0.279. The van der Waals surface area contributed by atoms with Crippen LogP contribution in [0.5, 0.6) is 11.5 Å². The molecule has 0 aromatic heterocycles. The molecular weight excluding hydrogens is 529 g/mol. The first kappa shape index (κ1) is 27.8. The molecule has 1 aliphatic heterocycles. The number of methoxy groups -OCH3 is 2. The van der Waals surface area contributed by atoms with Gasteiger partial charge in [0.25, 0.3) is 0 Å². The molecular formula is C25H44IN5O2. The molecule has 1 unspecified atom stereocenters. The summed E-state index contributed by atoms with van der Waals surface area (Å²) < 4.78 is 10.9. The van der Waals surface area contributed by atoms with Gasteiger partial charge in [-0.15, -0.1) is 24.0 Å². The lowest BCUT2D eigenvalue weighted by atomic mass is 9.83. The van der Waals surface area contributed by atoms with Crippen LogP contribution in [0.4, 0.5) is 5.69 Å². The molecule has 0 amide bonds. The average Bonchev–Trinajstić information content (AvgIpc) is 2.83. The van der Waals surface area contributed by atoms with Crippen LogP contribution in [0.1, 0.15) is 44.9 Å². The summed E-state index contributed by atoms with van der Waals surface area (Å²) in [4.78, 5) is 9.30. The Morgan fingerprint density at radius 3 is 2.15 bits per heavy atom. The molecule has 188 valence electrons. The zero-order chi connectivity index (χ0) is 22.9. The van der Waals surface area contributed by atoms with Crippen LogP contribution >= 0.6 is 24.0 Å². The smallest absolute Gasteiger partial charge is 0.191 e. The molecule has 0 radical (unpaired) electrons. The van der Waals surface area contributed by atoms with Crippen molar-refractivity contribution in [2.24, 2.45) is 10.9 Å². The van der Waals surface area contributed by atoms with Gasteiger partial charge < -0.3 is 29.9 Å². The van der Waals surface area contributed by atoms with Crippen molar-refractivity contribution >= 4 is 35.6 Å². The summed E-state index contributed by atoms with van der Waals surface area (Å²) in [5.74, 6) is 3.37. The first-order valence-corrected chi connectivity index (χ1v) is 12.2. The van der Waals surface area contributed by atoms with E-state index in [2.05, 4.69) is 51.7 Å². The molecule has 1 aromatic carbocycles. The summed E-state index contributed by atoms with van der Waals surface area (Å²) in [5, 5.41) is 7.28. The molecule has 1 aromatic rings. The van der Waals surface area contributed by atoms with Gasteiger partial charge in [0.15, 0.2) is 5.96 Å². The second-order valence-electron chi connectivity index (χ2n) is 9.36. The third kappa shape index (κ3) is 8.09. The number of likely N-dealkylation sites (N-methyl/N-ethyl adjacent to an activating group) is 1. The first-order valence-electron chi connectivity index (χ1n) is 12.2. The zero-order valence-electron chi connectivity index (χ0n) is 21.1. The number of halogens is 1. The van der Waals surface area contributed by atoms with Crippen LogP contribution in [-0.2, 0) is 0 Å². The molecule has 1 atom stereocenters. The van der Waals surface area contributed by atoms with E-state index in [0.29, 0.717) is 12.1 Å². The van der Waals surface area contributed by atoms with Gasteiger partial charge in [-0.05, 0) is 45.7 Å². The minimum Gasteiger partial charge on any atom is -0.497 e. The van der Waals surface area contributed by atoms with Crippen LogP contribution in [0.25, 0.3) is 0 Å². The van der Waals surface area contributed by atoms with E-state index in [1.54, 1.807) is 14.2 Å². The molecule has 3 rings (SSSR count). The van der Waals surface area contributed by atoms with Gasteiger partial charge in [0.05, 0.1) is 14.2 Å². The number of rotatable bonds is 8. The minimum atomic E-state index is 0. The highest BCUT2D eigenvalue weighted by Gasteiger charge is 2.26. The topological polar surface area (TPSA) is 61.4 Å². The van der Waals surface area contributed by atoms with Crippen molar-refractivity contribution in [2.45, 2.75) is 57.0 Å². The number of guanidine groups is 1. The van der Waals surface area contributed by atoms with Crippen LogP contribution in [0, 0.1) is 5.92 Å². The predicted molar refractivity (Wildman–Crippen MR) is 149 cm³/mol. The summed E-state index contributed by atoms with van der Waals surface area (Å²) in [6, 6.07) is 7.07. The van der Waals surface area contributed by atoms with E-state index in [0.717, 1.165) is 61.5 Å². The SMILES string of the molecule is CN=C(NCC(C1CCCCC1)N(C)C)NC1CCN(c2cc(OC)cc(OC)c2)CC1.I. The first-order chi connectivity index (χ1) is 15.5. The largest absolute Gasteiger partial charge is 0.497 e. The molecule has 1 saturated carbocycles. The Kier molecular flexibility index (Phi) is 11.9. The lowest BCUT2D eigenvalue weighted by Crippen LogP contribution is -2.52. The van der Waals surface area contributed by atoms with Gasteiger partial charge in [-0.25, -0.2) is 0 Å². The molecule has 7 nitrogen and oxygen atoms in total. The number of nitrogens with zero attached hydrogens (tertiary/aromatic N) is 3. The number of hydrogen-bond acceptors (Lipinski definition) is 5. The molecule has 0 spiro atoms. The summed E-state index contributed by atoms with van der Waals surface area (Å²) >= 11 is 0. The predicted octanol–water partition coefficient (Wildman–Crippen LogP) is 3.97. The second kappa shape index (κ2) is 14.1. The fraction of sp³-hybridized carbons (Fsp3) is 0.720. The van der Waals surface area contributed by atoms with E-state index in [1.165, 1.54) is 32.1 Å². The standard InChI is InChI=1S/C25H43N5O2.HI/c1-26-25(27-18-24(29(2)3)19-9-7-6-8-10-19)28-20-11-13-30(14-12-20)21-15-22(31-4)17-23(16-21)32-5;/h15-17,19-20,24H,6-14,18H2,1-5H3,(H2,26,27,28);1H. The van der Waals surface area contributed by atoms with Crippen molar-refractivity contribution in [3.63, 3.8) is 0 Å². The number of aliphatic imine (C=N–C) groups is 1. The second-order valence-corrected chi connectivity index (χ2v) is 9.36. The normalized spacial score (nSPS) is 19.1. The summed E-state index contributed by atoms with van der Waals surface area (Å²) in [6.45, 7) is 2.93. The molecule has 1 aliphatic carbocycles.